The van der Waals surface area contributed by atoms with Gasteiger partial charge in [0.2, 0.25) is 5.91 Å². The standard InChI is InChI=1S/C18H20N4O2/c1-13-7-17(20-12-19-13)21-9-15-16(10-21)24-11-18(23)22(15)8-14-5-3-2-4-6-14/h2-7,12,15-16H,8-11H2,1H3/t15-,16-/m1/s1. The SMILES string of the molecule is Cc1cc(N2C[C@@H]3[C@@H](C2)OCC(=O)N3Cc2ccccc2)ncn1. The third kappa shape index (κ3) is 2.85. The molecule has 1 aromatic carbocycles. The van der Waals surface area contributed by atoms with Gasteiger partial charge in [0.05, 0.1) is 12.1 Å². The molecule has 0 bridgehead atoms. The van der Waals surface area contributed by atoms with Crippen molar-refractivity contribution in [2.45, 2.75) is 25.6 Å². The Morgan fingerprint density at radius 1 is 1.21 bits per heavy atom. The Balaban J connectivity index is 1.55. The normalized spacial score (nSPS) is 23.5. The van der Waals surface area contributed by atoms with Crippen molar-refractivity contribution in [2.75, 3.05) is 24.6 Å². The van der Waals surface area contributed by atoms with E-state index in [-0.39, 0.29) is 24.7 Å². The van der Waals surface area contributed by atoms with Gasteiger partial charge >= 0.3 is 0 Å². The van der Waals surface area contributed by atoms with Crippen molar-refractivity contribution in [3.05, 3.63) is 54.0 Å². The van der Waals surface area contributed by atoms with Crippen molar-refractivity contribution in [3.8, 4) is 0 Å². The Morgan fingerprint density at radius 2 is 2.04 bits per heavy atom. The van der Waals surface area contributed by atoms with Gasteiger partial charge in [0, 0.05) is 31.4 Å². The molecule has 1 aromatic heterocycles. The maximum atomic E-state index is 12.4. The molecule has 0 aliphatic carbocycles. The second-order valence-electron chi connectivity index (χ2n) is 6.35. The number of ether oxygens (including phenoxy) is 1. The Hall–Kier alpha value is -2.47. The number of hydrogen-bond acceptors (Lipinski definition) is 5. The maximum Gasteiger partial charge on any atom is 0.249 e. The van der Waals surface area contributed by atoms with Crippen LogP contribution in [0.15, 0.2) is 42.7 Å². The van der Waals surface area contributed by atoms with Gasteiger partial charge < -0.3 is 14.5 Å². The highest BCUT2D eigenvalue weighted by Crippen LogP contribution is 2.28. The van der Waals surface area contributed by atoms with Gasteiger partial charge in [-0.25, -0.2) is 9.97 Å². The zero-order valence-corrected chi connectivity index (χ0v) is 13.6. The first kappa shape index (κ1) is 15.1. The van der Waals surface area contributed by atoms with Crippen molar-refractivity contribution >= 4 is 11.7 Å². The fraction of sp³-hybridized carbons (Fsp3) is 0.389. The number of hydrogen-bond donors (Lipinski definition) is 0. The number of aromatic nitrogens is 2. The number of anilines is 1. The summed E-state index contributed by atoms with van der Waals surface area (Å²) in [5.74, 6) is 0.952. The molecule has 0 saturated carbocycles. The molecule has 2 fully saturated rings. The van der Waals surface area contributed by atoms with E-state index in [9.17, 15) is 4.79 Å². The van der Waals surface area contributed by atoms with Crippen LogP contribution >= 0.6 is 0 Å². The number of benzene rings is 1. The quantitative estimate of drug-likeness (QED) is 0.854. The topological polar surface area (TPSA) is 58.6 Å². The second-order valence-corrected chi connectivity index (χ2v) is 6.35. The summed E-state index contributed by atoms with van der Waals surface area (Å²) in [4.78, 5) is 25.0. The Bertz CT molecular complexity index is 737. The van der Waals surface area contributed by atoms with Crippen LogP contribution in [0.1, 0.15) is 11.3 Å². The van der Waals surface area contributed by atoms with E-state index in [1.807, 2.05) is 36.1 Å². The Labute approximate surface area is 141 Å². The molecular formula is C18H20N4O2. The smallest absolute Gasteiger partial charge is 0.249 e. The molecule has 2 atom stereocenters. The molecule has 0 radical (unpaired) electrons. The molecule has 6 nitrogen and oxygen atoms in total. The molecular weight excluding hydrogens is 304 g/mol. The minimum Gasteiger partial charge on any atom is -0.364 e. The highest BCUT2D eigenvalue weighted by molar-refractivity contribution is 5.79. The van der Waals surface area contributed by atoms with E-state index >= 15 is 0 Å². The largest absolute Gasteiger partial charge is 0.364 e. The average Bonchev–Trinajstić information content (AvgIpc) is 3.03. The van der Waals surface area contributed by atoms with Crippen molar-refractivity contribution < 1.29 is 9.53 Å². The molecule has 2 saturated heterocycles. The van der Waals surface area contributed by atoms with Crippen LogP contribution in [-0.2, 0) is 16.1 Å². The molecule has 124 valence electrons. The van der Waals surface area contributed by atoms with E-state index < -0.39 is 0 Å². The number of carbonyl (C=O) groups is 1. The summed E-state index contributed by atoms with van der Waals surface area (Å²) in [5.41, 5.74) is 2.08. The van der Waals surface area contributed by atoms with E-state index in [0.29, 0.717) is 6.54 Å². The van der Waals surface area contributed by atoms with E-state index in [1.54, 1.807) is 6.33 Å². The van der Waals surface area contributed by atoms with Gasteiger partial charge in [-0.05, 0) is 12.5 Å². The van der Waals surface area contributed by atoms with Gasteiger partial charge in [-0.1, -0.05) is 30.3 Å². The van der Waals surface area contributed by atoms with Crippen molar-refractivity contribution in [3.63, 3.8) is 0 Å². The van der Waals surface area contributed by atoms with Crippen LogP contribution in [0.4, 0.5) is 5.82 Å². The predicted octanol–water partition coefficient (Wildman–Crippen LogP) is 1.40. The van der Waals surface area contributed by atoms with Crippen LogP contribution in [0.25, 0.3) is 0 Å². The number of morpholine rings is 1. The second kappa shape index (κ2) is 6.20. The van der Waals surface area contributed by atoms with Crippen molar-refractivity contribution in [1.82, 2.24) is 14.9 Å². The van der Waals surface area contributed by atoms with Gasteiger partial charge in [0.25, 0.3) is 0 Å². The van der Waals surface area contributed by atoms with Gasteiger partial charge in [-0.3, -0.25) is 4.79 Å². The summed E-state index contributed by atoms with van der Waals surface area (Å²) in [7, 11) is 0. The Morgan fingerprint density at radius 3 is 2.83 bits per heavy atom. The fourth-order valence-electron chi connectivity index (χ4n) is 3.45. The highest BCUT2D eigenvalue weighted by atomic mass is 16.5. The van der Waals surface area contributed by atoms with Crippen LogP contribution in [0, 0.1) is 6.92 Å². The van der Waals surface area contributed by atoms with E-state index in [2.05, 4.69) is 27.0 Å². The first-order valence-corrected chi connectivity index (χ1v) is 8.19. The summed E-state index contributed by atoms with van der Waals surface area (Å²) in [6.07, 6.45) is 1.61. The summed E-state index contributed by atoms with van der Waals surface area (Å²) >= 11 is 0. The van der Waals surface area contributed by atoms with Crippen LogP contribution in [0.2, 0.25) is 0 Å². The van der Waals surface area contributed by atoms with Gasteiger partial charge in [0.1, 0.15) is 18.8 Å². The van der Waals surface area contributed by atoms with Crippen LogP contribution in [-0.4, -0.2) is 52.6 Å². The lowest BCUT2D eigenvalue weighted by Crippen LogP contribution is -2.53. The number of carbonyl (C=O) groups excluding carboxylic acids is 1. The summed E-state index contributed by atoms with van der Waals surface area (Å²) in [5, 5.41) is 0. The molecule has 3 heterocycles. The fourth-order valence-corrected chi connectivity index (χ4v) is 3.45. The monoisotopic (exact) mass is 324 g/mol. The molecule has 2 aliphatic rings. The van der Waals surface area contributed by atoms with Crippen molar-refractivity contribution in [2.24, 2.45) is 0 Å². The van der Waals surface area contributed by atoms with Crippen LogP contribution in [0.5, 0.6) is 0 Å². The molecule has 2 aliphatic heterocycles. The molecule has 6 heteroatoms. The van der Waals surface area contributed by atoms with E-state index in [1.165, 1.54) is 0 Å². The average molecular weight is 324 g/mol. The third-order valence-electron chi connectivity index (χ3n) is 4.69. The summed E-state index contributed by atoms with van der Waals surface area (Å²) in [6.45, 7) is 4.22. The zero-order valence-electron chi connectivity index (χ0n) is 13.6. The number of aryl methyl sites for hydroxylation is 1. The lowest BCUT2D eigenvalue weighted by molar-refractivity contribution is -0.153. The summed E-state index contributed by atoms with van der Waals surface area (Å²) < 4.78 is 5.79. The number of amides is 1. The number of nitrogens with zero attached hydrogens (tertiary/aromatic N) is 4. The van der Waals surface area contributed by atoms with Gasteiger partial charge in [-0.2, -0.15) is 0 Å². The third-order valence-corrected chi connectivity index (χ3v) is 4.69. The zero-order chi connectivity index (χ0) is 16.5. The lowest BCUT2D eigenvalue weighted by Gasteiger charge is -2.36. The molecule has 1 amide bonds. The van der Waals surface area contributed by atoms with E-state index in [4.69, 9.17) is 4.74 Å². The van der Waals surface area contributed by atoms with Gasteiger partial charge in [0.15, 0.2) is 0 Å². The number of fused-ring (bicyclic) bond motifs is 1. The molecule has 2 aromatic rings. The molecule has 24 heavy (non-hydrogen) atoms. The maximum absolute atomic E-state index is 12.4. The molecule has 0 unspecified atom stereocenters. The number of rotatable bonds is 3. The minimum absolute atomic E-state index is 0.0293. The van der Waals surface area contributed by atoms with Crippen molar-refractivity contribution in [1.29, 1.82) is 0 Å². The highest BCUT2D eigenvalue weighted by Gasteiger charge is 2.43. The molecule has 4 rings (SSSR count). The predicted molar refractivity (Wildman–Crippen MR) is 89.5 cm³/mol. The van der Waals surface area contributed by atoms with Crippen LogP contribution < -0.4 is 4.90 Å². The minimum atomic E-state index is 0.0293. The lowest BCUT2D eigenvalue weighted by atomic mass is 10.1. The first-order chi connectivity index (χ1) is 11.7. The molecule has 0 N–H and O–H groups in total. The summed E-state index contributed by atoms with van der Waals surface area (Å²) in [6, 6.07) is 12.1. The van der Waals surface area contributed by atoms with E-state index in [0.717, 1.165) is 30.2 Å². The van der Waals surface area contributed by atoms with Crippen LogP contribution in [0.3, 0.4) is 0 Å². The van der Waals surface area contributed by atoms with Gasteiger partial charge in [-0.15, -0.1) is 0 Å². The molecule has 0 spiro atoms. The first-order valence-electron chi connectivity index (χ1n) is 8.19. The Kier molecular flexibility index (Phi) is 3.90.